The number of allylic oxidation sites excluding steroid dienone is 5. The largest absolute Gasteiger partial charge is 0.486 e. The zero-order valence-corrected chi connectivity index (χ0v) is 12.7. The van der Waals surface area contributed by atoms with Gasteiger partial charge in [0, 0.05) is 32.4 Å². The van der Waals surface area contributed by atoms with Gasteiger partial charge >= 0.3 is 0 Å². The minimum Gasteiger partial charge on any atom is -0.486 e. The molecule has 0 unspecified atom stereocenters. The Kier molecular flexibility index (Phi) is 4.48. The van der Waals surface area contributed by atoms with Gasteiger partial charge in [-0.2, -0.15) is 0 Å². The van der Waals surface area contributed by atoms with E-state index in [1.807, 2.05) is 25.2 Å². The predicted molar refractivity (Wildman–Crippen MR) is 81.0 cm³/mol. The Morgan fingerprint density at radius 1 is 1.40 bits per heavy atom. The molecule has 2 aliphatic heterocycles. The first-order chi connectivity index (χ1) is 9.47. The van der Waals surface area contributed by atoms with Gasteiger partial charge in [0.2, 0.25) is 0 Å². The number of nitrogens with zero attached hydrogens (tertiary/aromatic N) is 1. The molecule has 20 heavy (non-hydrogen) atoms. The second kappa shape index (κ2) is 5.96. The third kappa shape index (κ3) is 3.04. The van der Waals surface area contributed by atoms with Gasteiger partial charge in [-0.3, -0.25) is 0 Å². The number of likely N-dealkylation sites (tertiary alicyclic amines) is 1. The van der Waals surface area contributed by atoms with Crippen LogP contribution >= 0.6 is 0 Å². The molecule has 0 N–H and O–H groups in total. The highest BCUT2D eigenvalue weighted by molar-refractivity contribution is 5.48. The molecule has 0 radical (unpaired) electrons. The van der Waals surface area contributed by atoms with Crippen molar-refractivity contribution in [3.05, 3.63) is 47.5 Å². The van der Waals surface area contributed by atoms with Gasteiger partial charge in [0.15, 0.2) is 0 Å². The highest BCUT2D eigenvalue weighted by Gasteiger charge is 2.41. The summed E-state index contributed by atoms with van der Waals surface area (Å²) in [5.74, 6) is 0.414. The molecule has 2 heterocycles. The molecule has 3 heteroatoms. The second-order valence-electron chi connectivity index (χ2n) is 5.83. The van der Waals surface area contributed by atoms with Crippen LogP contribution in [0.15, 0.2) is 47.5 Å². The molecule has 0 bridgehead atoms. The maximum atomic E-state index is 13.8. The average molecular weight is 277 g/mol. The number of halogens is 1. The minimum atomic E-state index is -0.214. The van der Waals surface area contributed by atoms with E-state index in [4.69, 9.17) is 4.74 Å². The lowest BCUT2D eigenvalue weighted by Gasteiger charge is -2.45. The first kappa shape index (κ1) is 15.0. The predicted octanol–water partition coefficient (Wildman–Crippen LogP) is 4.13. The van der Waals surface area contributed by atoms with Crippen LogP contribution in [-0.4, -0.2) is 30.6 Å². The molecule has 0 aliphatic carbocycles. The molecule has 2 fully saturated rings. The van der Waals surface area contributed by atoms with Crippen LogP contribution in [-0.2, 0) is 4.74 Å². The van der Waals surface area contributed by atoms with E-state index in [9.17, 15) is 4.39 Å². The van der Waals surface area contributed by atoms with Gasteiger partial charge in [-0.15, -0.1) is 0 Å². The molecule has 0 atom stereocenters. The van der Waals surface area contributed by atoms with Gasteiger partial charge < -0.3 is 9.64 Å². The third-order valence-electron chi connectivity index (χ3n) is 4.14. The van der Waals surface area contributed by atoms with E-state index in [1.165, 1.54) is 6.92 Å². The quantitative estimate of drug-likeness (QED) is 0.714. The van der Waals surface area contributed by atoms with Crippen molar-refractivity contribution >= 4 is 0 Å². The van der Waals surface area contributed by atoms with E-state index in [1.54, 1.807) is 0 Å². The highest BCUT2D eigenvalue weighted by atomic mass is 19.1. The Balaban J connectivity index is 2.32. The fourth-order valence-corrected chi connectivity index (χ4v) is 2.99. The topological polar surface area (TPSA) is 12.5 Å². The lowest BCUT2D eigenvalue weighted by molar-refractivity contribution is -0.0479. The van der Waals surface area contributed by atoms with Gasteiger partial charge in [0.05, 0.1) is 5.57 Å². The van der Waals surface area contributed by atoms with Crippen LogP contribution in [0.4, 0.5) is 4.39 Å². The summed E-state index contributed by atoms with van der Waals surface area (Å²) in [6.45, 7) is 9.52. The molecule has 110 valence electrons. The average Bonchev–Trinajstić information content (AvgIpc) is 2.39. The van der Waals surface area contributed by atoms with Gasteiger partial charge in [0.25, 0.3) is 0 Å². The maximum Gasteiger partial charge on any atom is 0.130 e. The van der Waals surface area contributed by atoms with Gasteiger partial charge in [-0.1, -0.05) is 18.7 Å². The molecular formula is C17H24FNO. The Labute approximate surface area is 121 Å². The number of rotatable bonds is 1. The van der Waals surface area contributed by atoms with Crippen molar-refractivity contribution in [2.45, 2.75) is 38.7 Å². The van der Waals surface area contributed by atoms with Crippen LogP contribution in [0.25, 0.3) is 0 Å². The van der Waals surface area contributed by atoms with Crippen LogP contribution < -0.4 is 0 Å². The summed E-state index contributed by atoms with van der Waals surface area (Å²) in [6.07, 6.45) is 8.32. The summed E-state index contributed by atoms with van der Waals surface area (Å²) in [6, 6.07) is 0. The molecule has 1 spiro atoms. The van der Waals surface area contributed by atoms with E-state index in [2.05, 4.69) is 18.5 Å². The summed E-state index contributed by atoms with van der Waals surface area (Å²) in [7, 11) is 2.12. The monoisotopic (exact) mass is 277 g/mol. The molecule has 0 aromatic carbocycles. The molecule has 2 rings (SSSR count). The zero-order valence-electron chi connectivity index (χ0n) is 12.7. The normalized spacial score (nSPS) is 28.2. The van der Waals surface area contributed by atoms with Gasteiger partial charge in [0.1, 0.15) is 17.2 Å². The summed E-state index contributed by atoms with van der Waals surface area (Å²) in [5, 5.41) is 0. The van der Waals surface area contributed by atoms with Crippen LogP contribution in [0.3, 0.4) is 0 Å². The number of hydrogen-bond donors (Lipinski definition) is 0. The van der Waals surface area contributed by atoms with E-state index >= 15 is 0 Å². The van der Waals surface area contributed by atoms with Crippen molar-refractivity contribution in [2.75, 3.05) is 20.1 Å². The summed E-state index contributed by atoms with van der Waals surface area (Å²) >= 11 is 0. The molecule has 2 nitrogen and oxygen atoms in total. The molecule has 2 aliphatic rings. The van der Waals surface area contributed by atoms with E-state index in [-0.39, 0.29) is 11.4 Å². The van der Waals surface area contributed by atoms with Crippen LogP contribution in [0, 0.1) is 0 Å². The summed E-state index contributed by atoms with van der Waals surface area (Å²) in [5.41, 5.74) is 1.21. The van der Waals surface area contributed by atoms with Crippen LogP contribution in [0.1, 0.15) is 33.1 Å². The molecule has 2 saturated heterocycles. The standard InChI is InChI=1S/C17H24FNO/c1-5-6-7-15-16(14(3)18)13(2)12-17(20-15)8-10-19(4)11-9-17/h5-7H,2,8-12H2,1,3-4H3/b6-5-,15-7+,16-14+. The smallest absolute Gasteiger partial charge is 0.130 e. The van der Waals surface area contributed by atoms with Crippen molar-refractivity contribution in [2.24, 2.45) is 0 Å². The van der Waals surface area contributed by atoms with Crippen molar-refractivity contribution in [3.8, 4) is 0 Å². The second-order valence-corrected chi connectivity index (χ2v) is 5.83. The highest BCUT2D eigenvalue weighted by Crippen LogP contribution is 2.44. The van der Waals surface area contributed by atoms with Crippen LogP contribution in [0.5, 0.6) is 0 Å². The lowest BCUT2D eigenvalue weighted by Crippen LogP contribution is -2.46. The Morgan fingerprint density at radius 2 is 2.05 bits per heavy atom. The number of piperidine rings is 1. The van der Waals surface area contributed by atoms with Crippen molar-refractivity contribution in [1.82, 2.24) is 4.90 Å². The SMILES string of the molecule is C=C1CC2(CCN(C)CC2)OC(=C/C=C\C)/C1=C(\C)F. The van der Waals surface area contributed by atoms with E-state index < -0.39 is 0 Å². The van der Waals surface area contributed by atoms with Gasteiger partial charge in [-0.25, -0.2) is 4.39 Å². The lowest BCUT2D eigenvalue weighted by atomic mass is 9.80. The Hall–Kier alpha value is -1.35. The third-order valence-corrected chi connectivity index (χ3v) is 4.14. The van der Waals surface area contributed by atoms with Crippen molar-refractivity contribution < 1.29 is 9.13 Å². The van der Waals surface area contributed by atoms with Crippen LogP contribution in [0.2, 0.25) is 0 Å². The molecule has 0 aromatic rings. The van der Waals surface area contributed by atoms with E-state index in [0.29, 0.717) is 11.3 Å². The Morgan fingerprint density at radius 3 is 2.60 bits per heavy atom. The van der Waals surface area contributed by atoms with Crippen molar-refractivity contribution in [1.29, 1.82) is 0 Å². The Bertz CT molecular complexity index is 475. The molecule has 0 amide bonds. The molecule has 0 saturated carbocycles. The van der Waals surface area contributed by atoms with Crippen molar-refractivity contribution in [3.63, 3.8) is 0 Å². The minimum absolute atomic E-state index is 0.198. The van der Waals surface area contributed by atoms with Gasteiger partial charge in [-0.05, 0) is 32.5 Å². The zero-order chi connectivity index (χ0) is 14.8. The summed E-state index contributed by atoms with van der Waals surface area (Å²) in [4.78, 5) is 2.30. The molecule has 0 aromatic heterocycles. The maximum absolute atomic E-state index is 13.8. The fourth-order valence-electron chi connectivity index (χ4n) is 2.99. The van der Waals surface area contributed by atoms with E-state index in [0.717, 1.165) is 37.9 Å². The first-order valence-corrected chi connectivity index (χ1v) is 7.23. The summed E-state index contributed by atoms with van der Waals surface area (Å²) < 4.78 is 20.0. The number of ether oxygens (including phenoxy) is 1. The fraction of sp³-hybridized carbons (Fsp3) is 0.529. The number of hydrogen-bond acceptors (Lipinski definition) is 2. The molecular weight excluding hydrogens is 253 g/mol. The first-order valence-electron chi connectivity index (χ1n) is 7.23.